The fraction of sp³-hybridized carbons (Fsp3) is 0.0400. The van der Waals surface area contributed by atoms with Crippen LogP contribution in [0.4, 0.5) is 8.78 Å². The Balaban J connectivity index is 1.67. The Morgan fingerprint density at radius 2 is 1.54 bits per heavy atom. The zero-order valence-electron chi connectivity index (χ0n) is 17.9. The molecule has 0 aliphatic heterocycles. The Morgan fingerprint density at radius 3 is 2.23 bits per heavy atom. The molecule has 35 heavy (non-hydrogen) atoms. The Kier molecular flexibility index (Phi) is 6.47. The van der Waals surface area contributed by atoms with Crippen molar-refractivity contribution in [2.24, 2.45) is 5.73 Å². The molecule has 178 valence electrons. The van der Waals surface area contributed by atoms with Crippen molar-refractivity contribution in [2.45, 2.75) is 6.54 Å². The molecule has 5 N–H and O–H groups in total. The Morgan fingerprint density at radius 1 is 0.886 bits per heavy atom. The van der Waals surface area contributed by atoms with Gasteiger partial charge in [-0.15, -0.1) is 0 Å². The van der Waals surface area contributed by atoms with E-state index in [0.29, 0.717) is 12.6 Å². The molecule has 0 aliphatic carbocycles. The molecule has 0 amide bonds. The topological polar surface area (TPSA) is 135 Å². The van der Waals surface area contributed by atoms with Gasteiger partial charge in [0.15, 0.2) is 17.4 Å². The molecular formula is C25H18F2N2O6. The van der Waals surface area contributed by atoms with E-state index in [2.05, 4.69) is 4.98 Å². The smallest absolute Gasteiger partial charge is 0.343 e. The number of hydrogen-bond acceptors (Lipinski definition) is 7. The van der Waals surface area contributed by atoms with Crippen LogP contribution in [0.25, 0.3) is 11.1 Å². The largest absolute Gasteiger partial charge is 0.508 e. The number of carboxylic acids is 1. The number of aromatic hydroxyl groups is 2. The minimum atomic E-state index is -1.60. The molecule has 0 aliphatic rings. The molecule has 4 rings (SSSR count). The summed E-state index contributed by atoms with van der Waals surface area (Å²) in [4.78, 5) is 15.1. The van der Waals surface area contributed by atoms with Crippen molar-refractivity contribution in [1.82, 2.24) is 4.98 Å². The summed E-state index contributed by atoms with van der Waals surface area (Å²) >= 11 is 0. The van der Waals surface area contributed by atoms with E-state index in [1.54, 1.807) is 12.1 Å². The van der Waals surface area contributed by atoms with E-state index in [4.69, 9.17) is 15.2 Å². The Bertz CT molecular complexity index is 1430. The van der Waals surface area contributed by atoms with E-state index in [-0.39, 0.29) is 5.75 Å². The van der Waals surface area contributed by atoms with Crippen molar-refractivity contribution in [3.63, 3.8) is 0 Å². The zero-order valence-corrected chi connectivity index (χ0v) is 17.9. The van der Waals surface area contributed by atoms with Gasteiger partial charge < -0.3 is 30.5 Å². The molecule has 0 spiro atoms. The van der Waals surface area contributed by atoms with Crippen molar-refractivity contribution in [2.75, 3.05) is 0 Å². The molecule has 0 unspecified atom stereocenters. The van der Waals surface area contributed by atoms with Crippen molar-refractivity contribution in [3.8, 4) is 45.9 Å². The van der Waals surface area contributed by atoms with Gasteiger partial charge in [0.05, 0.1) is 0 Å². The summed E-state index contributed by atoms with van der Waals surface area (Å²) in [6.45, 7) is 0.359. The standard InChI is InChI=1S/C25H18F2N2O6/c26-18-11-19(27)24(35-21-10-16(30)9-20(31)22(21)25(32)33)29-23(18)34-17-6-2-5-15(8-17)14-4-1-3-13(7-14)12-28/h1-11,30-31H,12,28H2,(H,32,33). The molecule has 0 radical (unpaired) electrons. The summed E-state index contributed by atoms with van der Waals surface area (Å²) in [6.07, 6.45) is 0. The fourth-order valence-electron chi connectivity index (χ4n) is 3.29. The second-order valence-corrected chi connectivity index (χ2v) is 7.34. The van der Waals surface area contributed by atoms with Crippen LogP contribution in [0.5, 0.6) is 34.8 Å². The van der Waals surface area contributed by atoms with Crippen molar-refractivity contribution >= 4 is 5.97 Å². The number of halogens is 2. The maximum absolute atomic E-state index is 14.4. The van der Waals surface area contributed by atoms with Gasteiger partial charge in [0.1, 0.15) is 22.8 Å². The number of phenols is 2. The lowest BCUT2D eigenvalue weighted by Gasteiger charge is -2.13. The summed E-state index contributed by atoms with van der Waals surface area (Å²) in [5, 5.41) is 28.8. The van der Waals surface area contributed by atoms with Gasteiger partial charge in [0.25, 0.3) is 11.8 Å². The first-order valence-electron chi connectivity index (χ1n) is 10.2. The van der Waals surface area contributed by atoms with Crippen LogP contribution in [0, 0.1) is 11.6 Å². The quantitative estimate of drug-likeness (QED) is 0.284. The third-order valence-corrected chi connectivity index (χ3v) is 4.90. The molecule has 1 heterocycles. The summed E-state index contributed by atoms with van der Waals surface area (Å²) in [5.74, 6) is -7.27. The number of aromatic carboxylic acids is 1. The molecule has 0 fully saturated rings. The Hall–Kier alpha value is -4.70. The van der Waals surface area contributed by atoms with Crippen LogP contribution in [-0.4, -0.2) is 26.3 Å². The molecule has 3 aromatic carbocycles. The lowest BCUT2D eigenvalue weighted by atomic mass is 10.0. The van der Waals surface area contributed by atoms with E-state index in [1.807, 2.05) is 30.3 Å². The third kappa shape index (κ3) is 5.12. The second kappa shape index (κ2) is 9.65. The lowest BCUT2D eigenvalue weighted by molar-refractivity contribution is 0.0690. The molecular weight excluding hydrogens is 462 g/mol. The first-order chi connectivity index (χ1) is 16.7. The number of rotatable bonds is 7. The van der Waals surface area contributed by atoms with Crippen LogP contribution < -0.4 is 15.2 Å². The number of pyridine rings is 1. The van der Waals surface area contributed by atoms with Crippen LogP contribution >= 0.6 is 0 Å². The predicted molar refractivity (Wildman–Crippen MR) is 121 cm³/mol. The minimum Gasteiger partial charge on any atom is -0.508 e. The van der Waals surface area contributed by atoms with Crippen LogP contribution in [0.2, 0.25) is 0 Å². The number of phenolic OH excluding ortho intramolecular Hbond substituents is 1. The van der Waals surface area contributed by atoms with Crippen LogP contribution in [0.3, 0.4) is 0 Å². The molecule has 0 atom stereocenters. The third-order valence-electron chi connectivity index (χ3n) is 4.90. The van der Waals surface area contributed by atoms with Crippen molar-refractivity contribution in [1.29, 1.82) is 0 Å². The number of ether oxygens (including phenoxy) is 2. The van der Waals surface area contributed by atoms with Gasteiger partial charge in [-0.25, -0.2) is 13.6 Å². The van der Waals surface area contributed by atoms with Crippen LogP contribution in [0.1, 0.15) is 15.9 Å². The molecule has 0 saturated heterocycles. The van der Waals surface area contributed by atoms with Gasteiger partial charge in [-0.1, -0.05) is 30.3 Å². The molecule has 1 aromatic heterocycles. The lowest BCUT2D eigenvalue weighted by Crippen LogP contribution is -2.03. The number of hydrogen-bond donors (Lipinski definition) is 4. The van der Waals surface area contributed by atoms with Gasteiger partial charge in [-0.05, 0) is 34.9 Å². The molecule has 4 aromatic rings. The number of carboxylic acid groups (broad SMARTS) is 1. The zero-order chi connectivity index (χ0) is 25.1. The van der Waals surface area contributed by atoms with Crippen LogP contribution in [-0.2, 0) is 6.54 Å². The maximum atomic E-state index is 14.4. The first kappa shape index (κ1) is 23.5. The fourth-order valence-corrected chi connectivity index (χ4v) is 3.29. The monoisotopic (exact) mass is 480 g/mol. The molecule has 10 heteroatoms. The average Bonchev–Trinajstić information content (AvgIpc) is 2.81. The molecule has 0 bridgehead atoms. The number of nitrogens with two attached hydrogens (primary N) is 1. The highest BCUT2D eigenvalue weighted by Gasteiger charge is 2.22. The molecule has 8 nitrogen and oxygen atoms in total. The number of nitrogens with zero attached hydrogens (tertiary/aromatic N) is 1. The normalized spacial score (nSPS) is 10.7. The van der Waals surface area contributed by atoms with Gasteiger partial charge >= 0.3 is 5.97 Å². The van der Waals surface area contributed by atoms with E-state index in [0.717, 1.165) is 28.8 Å². The summed E-state index contributed by atoms with van der Waals surface area (Å²) in [7, 11) is 0. The van der Waals surface area contributed by atoms with E-state index < -0.39 is 52.2 Å². The summed E-state index contributed by atoms with van der Waals surface area (Å²) < 4.78 is 39.5. The first-order valence-corrected chi connectivity index (χ1v) is 10.2. The average molecular weight is 480 g/mol. The summed E-state index contributed by atoms with van der Waals surface area (Å²) in [5.41, 5.74) is 7.46. The van der Waals surface area contributed by atoms with E-state index in [9.17, 15) is 28.9 Å². The number of benzene rings is 3. The highest BCUT2D eigenvalue weighted by molar-refractivity contribution is 5.94. The Labute approximate surface area is 197 Å². The summed E-state index contributed by atoms with van der Waals surface area (Å²) in [6, 6.07) is 16.2. The maximum Gasteiger partial charge on any atom is 0.343 e. The van der Waals surface area contributed by atoms with Gasteiger partial charge in [0.2, 0.25) is 0 Å². The highest BCUT2D eigenvalue weighted by Crippen LogP contribution is 2.37. The van der Waals surface area contributed by atoms with Gasteiger partial charge in [-0.2, -0.15) is 4.98 Å². The SMILES string of the molecule is NCc1cccc(-c2cccc(Oc3nc(Oc4cc(O)cc(O)c4C(=O)O)c(F)cc3F)c2)c1. The second-order valence-electron chi connectivity index (χ2n) is 7.34. The predicted octanol–water partition coefficient (Wildman–Crippen LogP) is 5.18. The van der Waals surface area contributed by atoms with Gasteiger partial charge in [0, 0.05) is 24.7 Å². The van der Waals surface area contributed by atoms with Gasteiger partial charge in [-0.3, -0.25) is 0 Å². The van der Waals surface area contributed by atoms with Crippen molar-refractivity contribution in [3.05, 3.63) is 89.5 Å². The van der Waals surface area contributed by atoms with E-state index >= 15 is 0 Å². The number of carbonyl (C=O) groups is 1. The van der Waals surface area contributed by atoms with Crippen molar-refractivity contribution < 1.29 is 38.4 Å². The minimum absolute atomic E-state index is 0.186. The molecule has 0 saturated carbocycles. The van der Waals surface area contributed by atoms with E-state index in [1.165, 1.54) is 6.07 Å². The van der Waals surface area contributed by atoms with Crippen LogP contribution in [0.15, 0.2) is 66.7 Å². The number of aromatic nitrogens is 1. The highest BCUT2D eigenvalue weighted by atomic mass is 19.1.